The van der Waals surface area contributed by atoms with Crippen molar-refractivity contribution in [2.24, 2.45) is 0 Å². The van der Waals surface area contributed by atoms with Crippen LogP contribution in [0, 0.1) is 0 Å². The van der Waals surface area contributed by atoms with Crippen LogP contribution in [0.15, 0.2) is 182 Å². The second kappa shape index (κ2) is 12.8. The van der Waals surface area contributed by atoms with Gasteiger partial charge in [0.25, 0.3) is 0 Å². The van der Waals surface area contributed by atoms with Crippen molar-refractivity contribution < 1.29 is 9.47 Å². The maximum Gasteiger partial charge on any atom is 0.143 e. The second-order valence-corrected chi connectivity index (χ2v) is 10.3. The highest BCUT2D eigenvalue weighted by molar-refractivity contribution is 5.49. The first-order chi connectivity index (χ1) is 20.8. The van der Waals surface area contributed by atoms with Gasteiger partial charge in [-0.3, -0.25) is 0 Å². The minimum atomic E-state index is -0.804. The first-order valence-electron chi connectivity index (χ1n) is 14.4. The molecule has 0 aliphatic heterocycles. The lowest BCUT2D eigenvalue weighted by molar-refractivity contribution is -0.0593. The quantitative estimate of drug-likeness (QED) is 0.119. The molecule has 2 heteroatoms. The molecule has 0 aliphatic carbocycles. The largest absolute Gasteiger partial charge is 0.358 e. The highest BCUT2D eigenvalue weighted by Crippen LogP contribution is 2.42. The lowest BCUT2D eigenvalue weighted by atomic mass is 9.80. The third-order valence-electron chi connectivity index (χ3n) is 7.80. The van der Waals surface area contributed by atoms with E-state index in [-0.39, 0.29) is 0 Å². The predicted molar refractivity (Wildman–Crippen MR) is 170 cm³/mol. The summed E-state index contributed by atoms with van der Waals surface area (Å²) in [5, 5.41) is 0. The first kappa shape index (κ1) is 27.4. The van der Waals surface area contributed by atoms with Gasteiger partial charge in [-0.05, 0) is 33.4 Å². The molecule has 0 N–H and O–H groups in total. The van der Waals surface area contributed by atoms with Crippen LogP contribution in [0.3, 0.4) is 0 Å². The van der Waals surface area contributed by atoms with Crippen LogP contribution in [0.2, 0.25) is 0 Å². The molecular weight excluding hydrogens is 512 g/mol. The van der Waals surface area contributed by atoms with Crippen LogP contribution in [0.4, 0.5) is 0 Å². The topological polar surface area (TPSA) is 18.5 Å². The van der Waals surface area contributed by atoms with E-state index >= 15 is 0 Å². The fourth-order valence-electron chi connectivity index (χ4n) is 5.93. The minimum absolute atomic E-state index is 0.368. The van der Waals surface area contributed by atoms with Crippen molar-refractivity contribution in [3.8, 4) is 0 Å². The summed E-state index contributed by atoms with van der Waals surface area (Å²) in [5.41, 5.74) is 4.83. The lowest BCUT2D eigenvalue weighted by Gasteiger charge is -2.38. The molecular formula is C40H34O2. The van der Waals surface area contributed by atoms with Crippen LogP contribution in [0.5, 0.6) is 0 Å². The van der Waals surface area contributed by atoms with Gasteiger partial charge in [-0.25, -0.2) is 0 Å². The zero-order chi connectivity index (χ0) is 28.5. The molecule has 2 nitrogen and oxygen atoms in total. The van der Waals surface area contributed by atoms with Crippen LogP contribution in [-0.4, -0.2) is 13.2 Å². The molecule has 6 aromatic carbocycles. The molecule has 0 saturated heterocycles. The van der Waals surface area contributed by atoms with Crippen LogP contribution in [0.25, 0.3) is 0 Å². The van der Waals surface area contributed by atoms with Gasteiger partial charge in [0.1, 0.15) is 11.2 Å². The molecule has 6 rings (SSSR count). The Morgan fingerprint density at radius 3 is 0.595 bits per heavy atom. The van der Waals surface area contributed by atoms with Gasteiger partial charge in [-0.2, -0.15) is 0 Å². The van der Waals surface area contributed by atoms with E-state index in [4.69, 9.17) is 9.47 Å². The van der Waals surface area contributed by atoms with Crippen molar-refractivity contribution in [3.63, 3.8) is 0 Å². The molecule has 0 atom stereocenters. The summed E-state index contributed by atoms with van der Waals surface area (Å²) in [6.07, 6.45) is 0. The summed E-state index contributed by atoms with van der Waals surface area (Å²) in [6, 6.07) is 62.8. The lowest BCUT2D eigenvalue weighted by Crippen LogP contribution is -2.37. The number of rotatable bonds is 11. The van der Waals surface area contributed by atoms with E-state index in [9.17, 15) is 0 Å². The molecule has 0 aliphatic rings. The molecule has 0 fully saturated rings. The number of hydrogen-bond donors (Lipinski definition) is 0. The van der Waals surface area contributed by atoms with Gasteiger partial charge in [0.15, 0.2) is 0 Å². The Hall–Kier alpha value is -4.76. The summed E-state index contributed by atoms with van der Waals surface area (Å²) in [7, 11) is 0. The zero-order valence-electron chi connectivity index (χ0n) is 23.6. The molecule has 0 aromatic heterocycles. The minimum Gasteiger partial charge on any atom is -0.358 e. The van der Waals surface area contributed by atoms with Crippen molar-refractivity contribution in [1.29, 1.82) is 0 Å². The van der Waals surface area contributed by atoms with Gasteiger partial charge in [0.05, 0.1) is 13.2 Å². The van der Waals surface area contributed by atoms with Gasteiger partial charge < -0.3 is 9.47 Å². The van der Waals surface area contributed by atoms with Gasteiger partial charge in [0, 0.05) is 0 Å². The Labute approximate surface area is 248 Å². The number of ether oxygens (including phenoxy) is 2. The molecule has 0 unspecified atom stereocenters. The standard InChI is InChI=1S/C40H34O2/c1-7-19-33(20-8-1)39(34-21-9-2-10-22-34,35-23-11-3-12-24-35)41-31-32-42-40(36-25-13-4-14-26-36,37-27-15-5-16-28-37)38-29-17-6-18-30-38/h1-30H,31-32H2. The molecule has 0 bridgehead atoms. The molecule has 0 radical (unpaired) electrons. The van der Waals surface area contributed by atoms with E-state index in [1.54, 1.807) is 0 Å². The molecule has 42 heavy (non-hydrogen) atoms. The summed E-state index contributed by atoms with van der Waals surface area (Å²) in [5.74, 6) is 0. The number of hydrogen-bond acceptors (Lipinski definition) is 2. The van der Waals surface area contributed by atoms with E-state index in [1.807, 2.05) is 36.4 Å². The SMILES string of the molecule is c1ccc(C(OCCOC(c2ccccc2)(c2ccccc2)c2ccccc2)(c2ccccc2)c2ccccc2)cc1. The molecule has 0 saturated carbocycles. The van der Waals surface area contributed by atoms with Crippen LogP contribution >= 0.6 is 0 Å². The molecule has 6 aromatic rings. The summed E-state index contributed by atoms with van der Waals surface area (Å²) in [4.78, 5) is 0. The Morgan fingerprint density at radius 2 is 0.429 bits per heavy atom. The summed E-state index contributed by atoms with van der Waals surface area (Å²) in [6.45, 7) is 0.736. The highest BCUT2D eigenvalue weighted by atomic mass is 16.5. The van der Waals surface area contributed by atoms with Crippen LogP contribution in [-0.2, 0) is 20.7 Å². The zero-order valence-corrected chi connectivity index (χ0v) is 23.6. The second-order valence-electron chi connectivity index (χ2n) is 10.3. The van der Waals surface area contributed by atoms with E-state index < -0.39 is 11.2 Å². The third-order valence-corrected chi connectivity index (χ3v) is 7.80. The summed E-state index contributed by atoms with van der Waals surface area (Å²) < 4.78 is 14.1. The van der Waals surface area contributed by atoms with Gasteiger partial charge in [-0.1, -0.05) is 182 Å². The van der Waals surface area contributed by atoms with Gasteiger partial charge in [0.2, 0.25) is 0 Å². The normalized spacial score (nSPS) is 11.7. The Balaban J connectivity index is 1.41. The van der Waals surface area contributed by atoms with Crippen molar-refractivity contribution in [3.05, 3.63) is 215 Å². The molecule has 0 spiro atoms. The van der Waals surface area contributed by atoms with Crippen molar-refractivity contribution >= 4 is 0 Å². The van der Waals surface area contributed by atoms with E-state index in [1.165, 1.54) is 0 Å². The predicted octanol–water partition coefficient (Wildman–Crippen LogP) is 9.00. The first-order valence-corrected chi connectivity index (χ1v) is 14.4. The fourth-order valence-corrected chi connectivity index (χ4v) is 5.93. The Morgan fingerprint density at radius 1 is 0.262 bits per heavy atom. The van der Waals surface area contributed by atoms with E-state index in [2.05, 4.69) is 146 Å². The smallest absolute Gasteiger partial charge is 0.143 e. The number of benzene rings is 6. The van der Waals surface area contributed by atoms with Gasteiger partial charge >= 0.3 is 0 Å². The van der Waals surface area contributed by atoms with Crippen LogP contribution in [0.1, 0.15) is 33.4 Å². The average molecular weight is 547 g/mol. The highest BCUT2D eigenvalue weighted by Gasteiger charge is 2.40. The van der Waals surface area contributed by atoms with E-state index in [0.29, 0.717) is 13.2 Å². The third kappa shape index (κ3) is 5.31. The van der Waals surface area contributed by atoms with Crippen molar-refractivity contribution in [1.82, 2.24) is 0 Å². The molecule has 206 valence electrons. The Bertz CT molecular complexity index is 1310. The Kier molecular flexibility index (Phi) is 8.37. The van der Waals surface area contributed by atoms with Crippen molar-refractivity contribution in [2.45, 2.75) is 11.2 Å². The molecule has 0 heterocycles. The van der Waals surface area contributed by atoms with E-state index in [0.717, 1.165) is 33.4 Å². The monoisotopic (exact) mass is 546 g/mol. The maximum absolute atomic E-state index is 7.07. The average Bonchev–Trinajstić information content (AvgIpc) is 3.09. The van der Waals surface area contributed by atoms with Crippen molar-refractivity contribution in [2.75, 3.05) is 13.2 Å². The molecule has 0 amide bonds. The maximum atomic E-state index is 7.07. The van der Waals surface area contributed by atoms with Gasteiger partial charge in [-0.15, -0.1) is 0 Å². The van der Waals surface area contributed by atoms with Crippen LogP contribution < -0.4 is 0 Å². The fraction of sp³-hybridized carbons (Fsp3) is 0.100. The summed E-state index contributed by atoms with van der Waals surface area (Å²) >= 11 is 0.